The zero-order chi connectivity index (χ0) is 17.1. The molecule has 0 spiro atoms. The molecular formula is C18H20N4O2. The van der Waals surface area contributed by atoms with Gasteiger partial charge in [0.1, 0.15) is 5.75 Å². The van der Waals surface area contributed by atoms with Gasteiger partial charge in [0, 0.05) is 25.4 Å². The molecule has 1 aromatic heterocycles. The lowest BCUT2D eigenvalue weighted by molar-refractivity contribution is -0.138. The van der Waals surface area contributed by atoms with Crippen molar-refractivity contribution >= 4 is 5.91 Å². The molecule has 0 aliphatic carbocycles. The third kappa shape index (κ3) is 3.25. The predicted octanol–water partition coefficient (Wildman–Crippen LogP) is 2.42. The molecule has 0 N–H and O–H groups in total. The summed E-state index contributed by atoms with van der Waals surface area (Å²) in [6.07, 6.45) is 5.09. The number of aryl methyl sites for hydroxylation is 1. The minimum atomic E-state index is -0.601. The van der Waals surface area contributed by atoms with Crippen LogP contribution in [0.4, 0.5) is 0 Å². The Balaban J connectivity index is 1.71. The van der Waals surface area contributed by atoms with Crippen molar-refractivity contribution < 1.29 is 9.53 Å². The summed E-state index contributed by atoms with van der Waals surface area (Å²) in [5, 5.41) is 13.2. The van der Waals surface area contributed by atoms with Gasteiger partial charge in [0.25, 0.3) is 5.91 Å². The molecule has 124 valence electrons. The Kier molecular flexibility index (Phi) is 4.52. The lowest BCUT2D eigenvalue weighted by atomic mass is 10.1. The summed E-state index contributed by atoms with van der Waals surface area (Å²) < 4.78 is 7.51. The normalized spacial score (nSPS) is 18.2. The van der Waals surface area contributed by atoms with Gasteiger partial charge in [-0.2, -0.15) is 10.4 Å². The third-order valence-corrected chi connectivity index (χ3v) is 4.27. The second-order valence-corrected chi connectivity index (χ2v) is 6.04. The van der Waals surface area contributed by atoms with Crippen molar-refractivity contribution in [1.29, 1.82) is 5.26 Å². The maximum Gasteiger partial charge on any atom is 0.263 e. The minimum absolute atomic E-state index is 0.0382. The highest BCUT2D eigenvalue weighted by atomic mass is 16.5. The van der Waals surface area contributed by atoms with Crippen LogP contribution in [-0.4, -0.2) is 33.2 Å². The largest absolute Gasteiger partial charge is 0.481 e. The molecule has 1 saturated heterocycles. The van der Waals surface area contributed by atoms with Gasteiger partial charge in [-0.25, -0.2) is 0 Å². The first-order chi connectivity index (χ1) is 11.6. The smallest absolute Gasteiger partial charge is 0.263 e. The van der Waals surface area contributed by atoms with Crippen molar-refractivity contribution in [1.82, 2.24) is 14.7 Å². The molecule has 1 fully saturated rings. The Morgan fingerprint density at radius 3 is 3.04 bits per heavy atom. The average Bonchev–Trinajstić information content (AvgIpc) is 3.22. The fraction of sp³-hybridized carbons (Fsp3) is 0.389. The molecule has 0 unspecified atom stereocenters. The number of carbonyl (C=O) groups is 1. The van der Waals surface area contributed by atoms with Gasteiger partial charge < -0.3 is 9.64 Å². The van der Waals surface area contributed by atoms with Crippen LogP contribution in [0.2, 0.25) is 0 Å². The highest BCUT2D eigenvalue weighted by Crippen LogP contribution is 2.32. The van der Waals surface area contributed by atoms with Crippen LogP contribution < -0.4 is 4.74 Å². The van der Waals surface area contributed by atoms with E-state index in [0.717, 1.165) is 24.9 Å². The van der Waals surface area contributed by atoms with E-state index < -0.39 is 6.10 Å². The Hall–Kier alpha value is -2.81. The first-order valence-corrected chi connectivity index (χ1v) is 8.04. The van der Waals surface area contributed by atoms with Gasteiger partial charge in [-0.15, -0.1) is 0 Å². The summed E-state index contributed by atoms with van der Waals surface area (Å²) in [7, 11) is 1.87. The van der Waals surface area contributed by atoms with Gasteiger partial charge in [0.05, 0.1) is 23.9 Å². The molecule has 1 aliphatic heterocycles. The summed E-state index contributed by atoms with van der Waals surface area (Å²) >= 11 is 0. The number of benzene rings is 1. The Labute approximate surface area is 141 Å². The molecule has 6 nitrogen and oxygen atoms in total. The Morgan fingerprint density at radius 2 is 2.33 bits per heavy atom. The van der Waals surface area contributed by atoms with Gasteiger partial charge in [-0.1, -0.05) is 6.07 Å². The van der Waals surface area contributed by atoms with E-state index >= 15 is 0 Å². The zero-order valence-corrected chi connectivity index (χ0v) is 13.8. The van der Waals surface area contributed by atoms with E-state index in [9.17, 15) is 4.79 Å². The fourth-order valence-corrected chi connectivity index (χ4v) is 3.12. The topological polar surface area (TPSA) is 71.2 Å². The van der Waals surface area contributed by atoms with Crippen LogP contribution in [0.5, 0.6) is 5.75 Å². The molecule has 2 aromatic rings. The maximum atomic E-state index is 12.8. The molecule has 0 radical (unpaired) electrons. The molecule has 24 heavy (non-hydrogen) atoms. The number of amides is 1. The number of aromatic nitrogens is 2. The number of nitrogens with zero attached hydrogens (tertiary/aromatic N) is 4. The van der Waals surface area contributed by atoms with Crippen molar-refractivity contribution in [2.75, 3.05) is 6.54 Å². The monoisotopic (exact) mass is 324 g/mol. The molecule has 0 saturated carbocycles. The van der Waals surface area contributed by atoms with Gasteiger partial charge in [0.2, 0.25) is 0 Å². The average molecular weight is 324 g/mol. The first-order valence-electron chi connectivity index (χ1n) is 8.04. The maximum absolute atomic E-state index is 12.8. The molecule has 2 atom stereocenters. The number of hydrogen-bond donors (Lipinski definition) is 0. The predicted molar refractivity (Wildman–Crippen MR) is 88.1 cm³/mol. The number of hydrogen-bond acceptors (Lipinski definition) is 4. The summed E-state index contributed by atoms with van der Waals surface area (Å²) in [5.74, 6) is 0.496. The minimum Gasteiger partial charge on any atom is -0.481 e. The Morgan fingerprint density at radius 1 is 1.50 bits per heavy atom. The third-order valence-electron chi connectivity index (χ3n) is 4.27. The quantitative estimate of drug-likeness (QED) is 0.866. The number of ether oxygens (including phenoxy) is 1. The number of nitriles is 1. The second-order valence-electron chi connectivity index (χ2n) is 6.04. The van der Waals surface area contributed by atoms with Crippen molar-refractivity contribution in [2.24, 2.45) is 7.05 Å². The zero-order valence-electron chi connectivity index (χ0n) is 13.8. The molecule has 1 aliphatic rings. The van der Waals surface area contributed by atoms with Crippen molar-refractivity contribution in [3.05, 3.63) is 47.8 Å². The van der Waals surface area contributed by atoms with Gasteiger partial charge >= 0.3 is 0 Å². The van der Waals surface area contributed by atoms with E-state index in [0.29, 0.717) is 11.3 Å². The number of likely N-dealkylation sites (tertiary alicyclic amines) is 1. The molecule has 3 rings (SSSR count). The molecule has 1 aromatic carbocycles. The van der Waals surface area contributed by atoms with Gasteiger partial charge in [0.15, 0.2) is 6.10 Å². The van der Waals surface area contributed by atoms with Crippen molar-refractivity contribution in [3.63, 3.8) is 0 Å². The first kappa shape index (κ1) is 16.1. The number of carbonyl (C=O) groups excluding carboxylic acids is 1. The van der Waals surface area contributed by atoms with Crippen LogP contribution in [-0.2, 0) is 11.8 Å². The van der Waals surface area contributed by atoms with Crippen LogP contribution in [0.15, 0.2) is 36.7 Å². The van der Waals surface area contributed by atoms with Crippen LogP contribution >= 0.6 is 0 Å². The van der Waals surface area contributed by atoms with E-state index in [1.54, 1.807) is 35.9 Å². The highest BCUT2D eigenvalue weighted by molar-refractivity contribution is 5.81. The standard InChI is InChI=1S/C18H20N4O2/c1-13(24-16-6-3-5-14(9-16)10-19)18(23)22-8-4-7-17(22)15-11-20-21(2)12-15/h3,5-6,9,11-13,17H,4,7-8H2,1-2H3/t13-,17-/m1/s1. The molecular weight excluding hydrogens is 304 g/mol. The number of rotatable bonds is 4. The summed E-state index contributed by atoms with van der Waals surface area (Å²) in [4.78, 5) is 14.7. The van der Waals surface area contributed by atoms with Gasteiger partial charge in [-0.05, 0) is 38.0 Å². The van der Waals surface area contributed by atoms with Crippen LogP contribution in [0.3, 0.4) is 0 Å². The lowest BCUT2D eigenvalue weighted by Gasteiger charge is -2.27. The van der Waals surface area contributed by atoms with Crippen LogP contribution in [0.25, 0.3) is 0 Å². The van der Waals surface area contributed by atoms with Crippen LogP contribution in [0, 0.1) is 11.3 Å². The van der Waals surface area contributed by atoms with E-state index in [2.05, 4.69) is 11.2 Å². The summed E-state index contributed by atoms with van der Waals surface area (Å²) in [5.41, 5.74) is 1.57. The highest BCUT2D eigenvalue weighted by Gasteiger charge is 2.33. The van der Waals surface area contributed by atoms with Crippen molar-refractivity contribution in [2.45, 2.75) is 31.9 Å². The lowest BCUT2D eigenvalue weighted by Crippen LogP contribution is -2.40. The fourth-order valence-electron chi connectivity index (χ4n) is 3.12. The molecule has 6 heteroatoms. The molecule has 1 amide bonds. The SMILES string of the molecule is C[C@@H](Oc1cccc(C#N)c1)C(=O)N1CCC[C@@H]1c1cnn(C)c1. The van der Waals surface area contributed by atoms with Gasteiger partial charge in [-0.3, -0.25) is 9.48 Å². The second kappa shape index (κ2) is 6.75. The van der Waals surface area contributed by atoms with E-state index in [1.165, 1.54) is 0 Å². The molecule has 0 bridgehead atoms. The van der Waals surface area contributed by atoms with Crippen molar-refractivity contribution in [3.8, 4) is 11.8 Å². The summed E-state index contributed by atoms with van der Waals surface area (Å²) in [6, 6.07) is 8.99. The van der Waals surface area contributed by atoms with E-state index in [4.69, 9.17) is 10.00 Å². The molecule has 2 heterocycles. The van der Waals surface area contributed by atoms with Crippen LogP contribution in [0.1, 0.15) is 36.9 Å². The van der Waals surface area contributed by atoms with E-state index in [1.807, 2.05) is 24.3 Å². The Bertz CT molecular complexity index is 777. The van der Waals surface area contributed by atoms with E-state index in [-0.39, 0.29) is 11.9 Å². The summed E-state index contributed by atoms with van der Waals surface area (Å²) in [6.45, 7) is 2.48.